The highest BCUT2D eigenvalue weighted by Gasteiger charge is 2.27. The van der Waals surface area contributed by atoms with E-state index in [4.69, 9.17) is 0 Å². The molecule has 0 saturated heterocycles. The minimum Gasteiger partial charge on any atom is -0.310 e. The lowest BCUT2D eigenvalue weighted by Crippen LogP contribution is -1.96. The molecule has 1 fully saturated rings. The Hall–Kier alpha value is -1.23. The Morgan fingerprint density at radius 2 is 2.19 bits per heavy atom. The second-order valence-electron chi connectivity index (χ2n) is 3.92. The molecule has 1 aliphatic carbocycles. The van der Waals surface area contributed by atoms with Gasteiger partial charge in [0.15, 0.2) is 5.82 Å². The van der Waals surface area contributed by atoms with E-state index in [1.165, 1.54) is 12.1 Å². The number of rotatable bonds is 2. The van der Waals surface area contributed by atoms with Crippen molar-refractivity contribution < 1.29 is 4.39 Å². The van der Waals surface area contributed by atoms with Gasteiger partial charge in [0, 0.05) is 16.1 Å². The summed E-state index contributed by atoms with van der Waals surface area (Å²) in [4.78, 5) is 0. The van der Waals surface area contributed by atoms with Gasteiger partial charge in [-0.2, -0.15) is 0 Å². The molecule has 5 heteroatoms. The first-order valence-corrected chi connectivity index (χ1v) is 5.90. The Balaban J connectivity index is 2.13. The fourth-order valence-electron chi connectivity index (χ4n) is 1.72. The number of hydrogen-bond acceptors (Lipinski definition) is 2. The van der Waals surface area contributed by atoms with Crippen molar-refractivity contribution in [3.63, 3.8) is 0 Å². The van der Waals surface area contributed by atoms with Crippen LogP contribution in [0.15, 0.2) is 29.0 Å². The van der Waals surface area contributed by atoms with E-state index in [1.54, 1.807) is 12.4 Å². The first-order chi connectivity index (χ1) is 7.75. The predicted octanol–water partition coefficient (Wildman–Crippen LogP) is 3.18. The maximum atomic E-state index is 13.2. The molecular formula is C11H9BrFN3. The van der Waals surface area contributed by atoms with Crippen LogP contribution in [-0.2, 0) is 0 Å². The summed E-state index contributed by atoms with van der Waals surface area (Å²) in [5.41, 5.74) is 0.754. The van der Waals surface area contributed by atoms with E-state index in [2.05, 4.69) is 26.1 Å². The molecular weight excluding hydrogens is 273 g/mol. The fourth-order valence-corrected chi connectivity index (χ4v) is 2.15. The van der Waals surface area contributed by atoms with Gasteiger partial charge in [-0.3, -0.25) is 0 Å². The number of nitrogens with zero attached hydrogens (tertiary/aromatic N) is 3. The zero-order valence-electron chi connectivity index (χ0n) is 8.40. The van der Waals surface area contributed by atoms with Gasteiger partial charge >= 0.3 is 0 Å². The number of benzene rings is 1. The van der Waals surface area contributed by atoms with E-state index < -0.39 is 0 Å². The van der Waals surface area contributed by atoms with Crippen LogP contribution in [0.25, 0.3) is 11.4 Å². The normalized spacial score (nSPS) is 15.4. The van der Waals surface area contributed by atoms with Crippen molar-refractivity contribution in [1.82, 2.24) is 14.8 Å². The van der Waals surface area contributed by atoms with Gasteiger partial charge in [0.25, 0.3) is 0 Å². The van der Waals surface area contributed by atoms with E-state index in [-0.39, 0.29) is 5.82 Å². The van der Waals surface area contributed by atoms with E-state index in [9.17, 15) is 4.39 Å². The smallest absolute Gasteiger partial charge is 0.165 e. The summed E-state index contributed by atoms with van der Waals surface area (Å²) in [5, 5.41) is 7.97. The largest absolute Gasteiger partial charge is 0.310 e. The van der Waals surface area contributed by atoms with Crippen molar-refractivity contribution in [2.45, 2.75) is 18.9 Å². The van der Waals surface area contributed by atoms with Gasteiger partial charge < -0.3 is 4.57 Å². The standard InChI is InChI=1S/C11H9BrFN3/c12-10-4-1-7(13)5-9(10)11-15-14-6-16(11)8-2-3-8/h1,4-6,8H,2-3H2. The van der Waals surface area contributed by atoms with Crippen molar-refractivity contribution in [2.75, 3.05) is 0 Å². The van der Waals surface area contributed by atoms with Crippen molar-refractivity contribution in [3.8, 4) is 11.4 Å². The third-order valence-electron chi connectivity index (χ3n) is 2.68. The Morgan fingerprint density at radius 1 is 1.38 bits per heavy atom. The van der Waals surface area contributed by atoms with E-state index in [1.807, 2.05) is 4.57 Å². The lowest BCUT2D eigenvalue weighted by molar-refractivity contribution is 0.627. The maximum Gasteiger partial charge on any atom is 0.165 e. The Kier molecular flexibility index (Phi) is 2.28. The van der Waals surface area contributed by atoms with E-state index in [0.29, 0.717) is 6.04 Å². The summed E-state index contributed by atoms with van der Waals surface area (Å²) in [5.74, 6) is 0.470. The van der Waals surface area contributed by atoms with Gasteiger partial charge in [-0.25, -0.2) is 4.39 Å². The van der Waals surface area contributed by atoms with Crippen LogP contribution in [0.3, 0.4) is 0 Å². The highest BCUT2D eigenvalue weighted by atomic mass is 79.9. The molecule has 0 radical (unpaired) electrons. The van der Waals surface area contributed by atoms with Crippen LogP contribution in [0, 0.1) is 5.82 Å². The van der Waals surface area contributed by atoms with Crippen LogP contribution in [0.5, 0.6) is 0 Å². The van der Waals surface area contributed by atoms with Gasteiger partial charge in [0.05, 0.1) is 0 Å². The van der Waals surface area contributed by atoms with Crippen molar-refractivity contribution in [1.29, 1.82) is 0 Å². The fraction of sp³-hybridized carbons (Fsp3) is 0.273. The number of halogens is 2. The van der Waals surface area contributed by atoms with Crippen LogP contribution < -0.4 is 0 Å². The molecule has 0 amide bonds. The molecule has 1 aromatic carbocycles. The molecule has 0 atom stereocenters. The molecule has 1 heterocycles. The quantitative estimate of drug-likeness (QED) is 0.847. The highest BCUT2D eigenvalue weighted by molar-refractivity contribution is 9.10. The minimum absolute atomic E-state index is 0.261. The summed E-state index contributed by atoms with van der Waals surface area (Å²) in [7, 11) is 0. The van der Waals surface area contributed by atoms with Gasteiger partial charge in [-0.15, -0.1) is 10.2 Å². The number of hydrogen-bond donors (Lipinski definition) is 0. The first-order valence-electron chi connectivity index (χ1n) is 5.10. The zero-order valence-corrected chi connectivity index (χ0v) is 9.98. The zero-order chi connectivity index (χ0) is 11.1. The van der Waals surface area contributed by atoms with Gasteiger partial charge in [-0.1, -0.05) is 15.9 Å². The number of aromatic nitrogens is 3. The summed E-state index contributed by atoms with van der Waals surface area (Å²) >= 11 is 3.41. The van der Waals surface area contributed by atoms with Crippen LogP contribution in [0.2, 0.25) is 0 Å². The molecule has 82 valence electrons. The lowest BCUT2D eigenvalue weighted by Gasteiger charge is -2.06. The van der Waals surface area contributed by atoms with E-state index in [0.717, 1.165) is 28.7 Å². The minimum atomic E-state index is -0.261. The molecule has 0 unspecified atom stereocenters. The van der Waals surface area contributed by atoms with Crippen LogP contribution in [0.4, 0.5) is 4.39 Å². The van der Waals surface area contributed by atoms with Crippen molar-refractivity contribution in [2.24, 2.45) is 0 Å². The van der Waals surface area contributed by atoms with Gasteiger partial charge in [-0.05, 0) is 31.0 Å². The third kappa shape index (κ3) is 1.65. The van der Waals surface area contributed by atoms with E-state index >= 15 is 0 Å². The molecule has 2 aromatic rings. The average Bonchev–Trinajstić information content (AvgIpc) is 3.01. The molecule has 1 saturated carbocycles. The first kappa shape index (κ1) is 9.96. The molecule has 0 N–H and O–H groups in total. The molecule has 0 bridgehead atoms. The summed E-state index contributed by atoms with van der Waals surface area (Å²) < 4.78 is 16.1. The Labute approximate surface area is 100 Å². The average molecular weight is 282 g/mol. The SMILES string of the molecule is Fc1ccc(Br)c(-c2nncn2C2CC2)c1. The summed E-state index contributed by atoms with van der Waals surface area (Å²) in [6.45, 7) is 0. The molecule has 1 aliphatic rings. The monoisotopic (exact) mass is 281 g/mol. The van der Waals surface area contributed by atoms with Crippen LogP contribution >= 0.6 is 15.9 Å². The van der Waals surface area contributed by atoms with Crippen molar-refractivity contribution in [3.05, 3.63) is 34.8 Å². The molecule has 3 rings (SSSR count). The Morgan fingerprint density at radius 3 is 2.94 bits per heavy atom. The Bertz CT molecular complexity index is 534. The van der Waals surface area contributed by atoms with Gasteiger partial charge in [0.1, 0.15) is 12.1 Å². The van der Waals surface area contributed by atoms with Crippen LogP contribution in [-0.4, -0.2) is 14.8 Å². The topological polar surface area (TPSA) is 30.7 Å². The van der Waals surface area contributed by atoms with Gasteiger partial charge in [0.2, 0.25) is 0 Å². The predicted molar refractivity (Wildman–Crippen MR) is 61.4 cm³/mol. The molecule has 3 nitrogen and oxygen atoms in total. The second kappa shape index (κ2) is 3.66. The summed E-state index contributed by atoms with van der Waals surface area (Å²) in [6.07, 6.45) is 4.01. The second-order valence-corrected chi connectivity index (χ2v) is 4.77. The lowest BCUT2D eigenvalue weighted by atomic mass is 10.2. The molecule has 0 aliphatic heterocycles. The highest BCUT2D eigenvalue weighted by Crippen LogP contribution is 2.38. The third-order valence-corrected chi connectivity index (χ3v) is 3.37. The molecule has 1 aromatic heterocycles. The maximum absolute atomic E-state index is 13.2. The van der Waals surface area contributed by atoms with Crippen LogP contribution in [0.1, 0.15) is 18.9 Å². The summed E-state index contributed by atoms with van der Waals surface area (Å²) in [6, 6.07) is 5.08. The van der Waals surface area contributed by atoms with Crippen molar-refractivity contribution >= 4 is 15.9 Å². The molecule has 0 spiro atoms. The molecule has 16 heavy (non-hydrogen) atoms.